The first-order chi connectivity index (χ1) is 18.3. The van der Waals surface area contributed by atoms with E-state index in [1.165, 1.54) is 31.2 Å². The molecule has 3 fully saturated rings. The average Bonchev–Trinajstić information content (AvgIpc) is 3.27. The number of aromatic nitrogens is 1. The summed E-state index contributed by atoms with van der Waals surface area (Å²) in [6, 6.07) is 4.32. The van der Waals surface area contributed by atoms with Crippen LogP contribution in [0.1, 0.15) is 77.2 Å². The molecule has 1 aliphatic heterocycles. The van der Waals surface area contributed by atoms with E-state index in [1.54, 1.807) is 11.1 Å². The first-order valence-corrected chi connectivity index (χ1v) is 14.6. The van der Waals surface area contributed by atoms with Crippen LogP contribution in [0.15, 0.2) is 42.3 Å². The SMILES string of the molecule is CN1CCC(C(=O)O[C@H]2CC[C@@]3(C)C(=CC[C@@H]4[C@@H]3CC[C@]3(C)C(c5cccnc5)=CC[C@@H]43)C2)CC1.O=CO. The van der Waals surface area contributed by atoms with Gasteiger partial charge in [0.05, 0.1) is 5.92 Å². The maximum Gasteiger partial charge on any atom is 0.309 e. The molecule has 0 radical (unpaired) electrons. The third-order valence-electron chi connectivity index (χ3n) is 10.9. The molecule has 2 heterocycles. The fourth-order valence-corrected chi connectivity index (χ4v) is 8.77. The van der Waals surface area contributed by atoms with Crippen LogP contribution in [0.5, 0.6) is 0 Å². The first-order valence-electron chi connectivity index (χ1n) is 14.6. The van der Waals surface area contributed by atoms with Gasteiger partial charge in [0, 0.05) is 18.8 Å². The van der Waals surface area contributed by atoms with Crippen molar-refractivity contribution in [1.82, 2.24) is 9.88 Å². The van der Waals surface area contributed by atoms with E-state index in [4.69, 9.17) is 14.6 Å². The lowest BCUT2D eigenvalue weighted by Crippen LogP contribution is -2.50. The quantitative estimate of drug-likeness (QED) is 0.300. The van der Waals surface area contributed by atoms with E-state index in [9.17, 15) is 4.79 Å². The van der Waals surface area contributed by atoms with Crippen molar-refractivity contribution in [3.05, 3.63) is 47.8 Å². The van der Waals surface area contributed by atoms with Gasteiger partial charge in [-0.2, -0.15) is 0 Å². The molecule has 0 amide bonds. The average molecular weight is 521 g/mol. The molecule has 5 aliphatic rings. The molecule has 4 aliphatic carbocycles. The molecule has 1 saturated heterocycles. The predicted octanol–water partition coefficient (Wildman–Crippen LogP) is 5.99. The Bertz CT molecular complexity index is 1080. The summed E-state index contributed by atoms with van der Waals surface area (Å²) >= 11 is 0. The van der Waals surface area contributed by atoms with Gasteiger partial charge in [0.2, 0.25) is 0 Å². The number of piperidine rings is 1. The summed E-state index contributed by atoms with van der Waals surface area (Å²) in [5.41, 5.74) is 5.00. The molecular weight excluding hydrogens is 476 g/mol. The van der Waals surface area contributed by atoms with Crippen molar-refractivity contribution >= 4 is 18.0 Å². The third kappa shape index (κ3) is 4.85. The highest BCUT2D eigenvalue weighted by atomic mass is 16.5. The standard InChI is InChI=1S/C31H42N2O2.CH2O2/c1-30-14-10-24(35-29(34)21-12-17-33(3)18-13-21)19-23(30)6-7-25-27-9-8-26(22-5-4-16-32-20-22)31(27,2)15-11-28(25)30;2-1-3/h4-6,8,16,20-21,24-25,27-28H,7,9-15,17-19H2,1-3H3;1H,(H,2,3)/t24-,25-,27-,28-,30-,31+;/m0./s1. The fourth-order valence-electron chi connectivity index (χ4n) is 8.77. The molecule has 0 unspecified atom stereocenters. The minimum absolute atomic E-state index is 0.0642. The Balaban J connectivity index is 0.000000937. The molecule has 6 atom stereocenters. The van der Waals surface area contributed by atoms with Crippen LogP contribution in [0.4, 0.5) is 0 Å². The Morgan fingerprint density at radius 1 is 1.08 bits per heavy atom. The fraction of sp³-hybridized carbons (Fsp3) is 0.656. The van der Waals surface area contributed by atoms with Crippen molar-refractivity contribution in [3.63, 3.8) is 0 Å². The van der Waals surface area contributed by atoms with Gasteiger partial charge in [-0.25, -0.2) is 0 Å². The molecule has 0 spiro atoms. The van der Waals surface area contributed by atoms with Gasteiger partial charge in [0.1, 0.15) is 6.10 Å². The summed E-state index contributed by atoms with van der Waals surface area (Å²) in [6.07, 6.45) is 19.1. The second-order valence-electron chi connectivity index (χ2n) is 12.8. The molecule has 6 rings (SSSR count). The van der Waals surface area contributed by atoms with Crippen LogP contribution in [0.3, 0.4) is 0 Å². The largest absolute Gasteiger partial charge is 0.483 e. The number of esters is 1. The number of carboxylic acid groups (broad SMARTS) is 1. The van der Waals surface area contributed by atoms with Crippen molar-refractivity contribution in [3.8, 4) is 0 Å². The van der Waals surface area contributed by atoms with Gasteiger partial charge < -0.3 is 14.7 Å². The van der Waals surface area contributed by atoms with Gasteiger partial charge >= 0.3 is 5.97 Å². The molecule has 1 aromatic rings. The van der Waals surface area contributed by atoms with Crippen molar-refractivity contribution in [2.45, 2.75) is 77.7 Å². The van der Waals surface area contributed by atoms with Crippen LogP contribution in [-0.4, -0.2) is 53.7 Å². The summed E-state index contributed by atoms with van der Waals surface area (Å²) in [5, 5.41) is 6.89. The lowest BCUT2D eigenvalue weighted by Gasteiger charge is -2.58. The third-order valence-corrected chi connectivity index (χ3v) is 10.9. The predicted molar refractivity (Wildman–Crippen MR) is 148 cm³/mol. The molecule has 6 nitrogen and oxygen atoms in total. The van der Waals surface area contributed by atoms with Crippen molar-refractivity contribution < 1.29 is 19.4 Å². The highest BCUT2D eigenvalue weighted by Gasteiger charge is 2.57. The summed E-state index contributed by atoms with van der Waals surface area (Å²) in [7, 11) is 2.14. The smallest absolute Gasteiger partial charge is 0.309 e. The molecular formula is C32H44N2O4. The van der Waals surface area contributed by atoms with Crippen LogP contribution in [0, 0.1) is 34.5 Å². The molecule has 38 heavy (non-hydrogen) atoms. The molecule has 1 N–H and O–H groups in total. The number of hydrogen-bond donors (Lipinski definition) is 1. The van der Waals surface area contributed by atoms with Gasteiger partial charge in [0.15, 0.2) is 0 Å². The van der Waals surface area contributed by atoms with E-state index in [0.717, 1.165) is 62.9 Å². The number of carbonyl (C=O) groups excluding carboxylic acids is 1. The van der Waals surface area contributed by atoms with Crippen molar-refractivity contribution in [2.24, 2.45) is 34.5 Å². The van der Waals surface area contributed by atoms with Crippen LogP contribution in [-0.2, 0) is 14.3 Å². The summed E-state index contributed by atoms with van der Waals surface area (Å²) in [4.78, 5) is 28.0. The number of ether oxygens (including phenoxy) is 1. The number of fused-ring (bicyclic) bond motifs is 5. The minimum atomic E-state index is -0.250. The Morgan fingerprint density at radius 2 is 1.82 bits per heavy atom. The van der Waals surface area contributed by atoms with Crippen molar-refractivity contribution in [2.75, 3.05) is 20.1 Å². The maximum absolute atomic E-state index is 12.9. The number of likely N-dealkylation sites (tertiary alicyclic amines) is 1. The zero-order chi connectivity index (χ0) is 26.9. The van der Waals surface area contributed by atoms with E-state index >= 15 is 0 Å². The monoisotopic (exact) mass is 520 g/mol. The number of carbonyl (C=O) groups is 2. The Morgan fingerprint density at radius 3 is 2.53 bits per heavy atom. The minimum Gasteiger partial charge on any atom is -0.483 e. The number of rotatable bonds is 3. The van der Waals surface area contributed by atoms with Crippen molar-refractivity contribution in [1.29, 1.82) is 0 Å². The Labute approximate surface area is 227 Å². The lowest BCUT2D eigenvalue weighted by atomic mass is 9.47. The molecule has 0 aromatic carbocycles. The van der Waals surface area contributed by atoms with Gasteiger partial charge in [-0.05, 0) is 117 Å². The van der Waals surface area contributed by atoms with Crippen LogP contribution in [0.2, 0.25) is 0 Å². The van der Waals surface area contributed by atoms with Crippen LogP contribution >= 0.6 is 0 Å². The second kappa shape index (κ2) is 11.0. The maximum atomic E-state index is 12.9. The van der Waals surface area contributed by atoms with Crippen LogP contribution in [0.25, 0.3) is 5.57 Å². The molecule has 6 heteroatoms. The Kier molecular flexibility index (Phi) is 7.82. The second-order valence-corrected chi connectivity index (χ2v) is 12.8. The zero-order valence-electron chi connectivity index (χ0n) is 23.3. The van der Waals surface area contributed by atoms with Gasteiger partial charge in [0.25, 0.3) is 6.47 Å². The highest BCUT2D eigenvalue weighted by Crippen LogP contribution is 2.66. The number of hydrogen-bond acceptors (Lipinski definition) is 5. The summed E-state index contributed by atoms with van der Waals surface area (Å²) in [6.45, 7) is 6.83. The number of nitrogens with zero attached hydrogens (tertiary/aromatic N) is 2. The number of allylic oxidation sites excluding steroid dienone is 3. The molecule has 1 aromatic heterocycles. The highest BCUT2D eigenvalue weighted by molar-refractivity contribution is 5.73. The van der Waals surface area contributed by atoms with Gasteiger partial charge in [-0.1, -0.05) is 37.6 Å². The van der Waals surface area contributed by atoms with E-state index in [-0.39, 0.29) is 35.3 Å². The van der Waals surface area contributed by atoms with E-state index < -0.39 is 0 Å². The van der Waals surface area contributed by atoms with Gasteiger partial charge in [-0.3, -0.25) is 14.6 Å². The molecule has 2 saturated carbocycles. The topological polar surface area (TPSA) is 79.7 Å². The van der Waals surface area contributed by atoms with E-state index in [1.807, 2.05) is 6.20 Å². The lowest BCUT2D eigenvalue weighted by molar-refractivity contribution is -0.158. The summed E-state index contributed by atoms with van der Waals surface area (Å²) < 4.78 is 6.13. The van der Waals surface area contributed by atoms with Gasteiger partial charge in [-0.15, -0.1) is 0 Å². The molecule has 206 valence electrons. The molecule has 0 bridgehead atoms. The van der Waals surface area contributed by atoms with E-state index in [2.05, 4.69) is 61.3 Å². The van der Waals surface area contributed by atoms with Crippen LogP contribution < -0.4 is 0 Å². The number of pyridine rings is 1. The van der Waals surface area contributed by atoms with E-state index in [0.29, 0.717) is 0 Å². The Hall–Kier alpha value is -2.47. The normalized spacial score (nSPS) is 36.8. The first kappa shape index (κ1) is 27.1. The zero-order valence-corrected chi connectivity index (χ0v) is 23.3. The summed E-state index contributed by atoms with van der Waals surface area (Å²) in [5.74, 6) is 2.41.